The van der Waals surface area contributed by atoms with E-state index in [1.54, 1.807) is 13.1 Å². The molecule has 2 heterocycles. The summed E-state index contributed by atoms with van der Waals surface area (Å²) in [5.74, 6) is 1.18. The molecule has 0 unspecified atom stereocenters. The highest BCUT2D eigenvalue weighted by Gasteiger charge is 2.17. The van der Waals surface area contributed by atoms with E-state index in [4.69, 9.17) is 4.74 Å². The molecule has 0 atom stereocenters. The summed E-state index contributed by atoms with van der Waals surface area (Å²) in [4.78, 5) is 17.9. The van der Waals surface area contributed by atoms with Gasteiger partial charge in [0.15, 0.2) is 5.82 Å². The van der Waals surface area contributed by atoms with Crippen molar-refractivity contribution in [3.8, 4) is 0 Å². The molecule has 0 aliphatic rings. The van der Waals surface area contributed by atoms with Crippen LogP contribution in [0.5, 0.6) is 0 Å². The van der Waals surface area contributed by atoms with E-state index in [2.05, 4.69) is 15.2 Å². The zero-order valence-corrected chi connectivity index (χ0v) is 12.0. The number of hydrogen-bond donors (Lipinski definition) is 0. The molecule has 0 N–H and O–H groups in total. The maximum atomic E-state index is 11.7. The molecule has 0 saturated carbocycles. The summed E-state index contributed by atoms with van der Waals surface area (Å²) in [5, 5.41) is 8.18. The van der Waals surface area contributed by atoms with Crippen LogP contribution in [0.4, 0.5) is 5.82 Å². The number of carbonyl (C=O) groups is 1. The van der Waals surface area contributed by atoms with Gasteiger partial charge in [-0.3, -0.25) is 9.20 Å². The molecule has 0 aliphatic heterocycles. The number of aromatic nitrogens is 4. The van der Waals surface area contributed by atoms with Crippen molar-refractivity contribution in [3.05, 3.63) is 18.2 Å². The van der Waals surface area contributed by atoms with Crippen LogP contribution >= 0.6 is 0 Å². The van der Waals surface area contributed by atoms with E-state index in [1.807, 2.05) is 29.3 Å². The fraction of sp³-hybridized carbons (Fsp3) is 0.538. The molecule has 0 aliphatic carbocycles. The van der Waals surface area contributed by atoms with Gasteiger partial charge in [-0.1, -0.05) is 6.92 Å². The lowest BCUT2D eigenvalue weighted by atomic mass is 10.4. The van der Waals surface area contributed by atoms with E-state index in [9.17, 15) is 4.79 Å². The van der Waals surface area contributed by atoms with Crippen molar-refractivity contribution in [1.82, 2.24) is 19.6 Å². The van der Waals surface area contributed by atoms with Crippen LogP contribution in [0.25, 0.3) is 5.65 Å². The summed E-state index contributed by atoms with van der Waals surface area (Å²) in [7, 11) is 0. The van der Waals surface area contributed by atoms with Gasteiger partial charge in [0, 0.05) is 18.9 Å². The summed E-state index contributed by atoms with van der Waals surface area (Å²) >= 11 is 0. The molecule has 0 spiro atoms. The zero-order chi connectivity index (χ0) is 14.5. The number of nitrogens with zero attached hydrogens (tertiary/aromatic N) is 5. The van der Waals surface area contributed by atoms with Crippen LogP contribution in [0.15, 0.2) is 12.4 Å². The molecule has 0 amide bonds. The quantitative estimate of drug-likeness (QED) is 0.739. The molecule has 0 aromatic carbocycles. The Bertz CT molecular complexity index is 595. The monoisotopic (exact) mass is 277 g/mol. The Balaban J connectivity index is 2.33. The molecule has 7 heteroatoms. The van der Waals surface area contributed by atoms with E-state index in [-0.39, 0.29) is 12.5 Å². The summed E-state index contributed by atoms with van der Waals surface area (Å²) in [6, 6.07) is 0. The minimum atomic E-state index is -0.263. The number of esters is 1. The molecule has 7 nitrogen and oxygen atoms in total. The molecule has 2 aromatic heterocycles. The summed E-state index contributed by atoms with van der Waals surface area (Å²) in [6.07, 6.45) is 4.39. The molecule has 108 valence electrons. The van der Waals surface area contributed by atoms with E-state index >= 15 is 0 Å². The van der Waals surface area contributed by atoms with Crippen molar-refractivity contribution in [3.63, 3.8) is 0 Å². The minimum absolute atomic E-state index is 0.167. The Labute approximate surface area is 117 Å². The number of fused-ring (bicyclic) bond motifs is 1. The summed E-state index contributed by atoms with van der Waals surface area (Å²) in [6.45, 7) is 6.97. The van der Waals surface area contributed by atoms with Gasteiger partial charge in [0.2, 0.25) is 5.65 Å². The molecule has 0 radical (unpaired) electrons. The first-order valence-electron chi connectivity index (χ1n) is 6.74. The van der Waals surface area contributed by atoms with Gasteiger partial charge in [0.25, 0.3) is 0 Å². The van der Waals surface area contributed by atoms with Gasteiger partial charge in [-0.05, 0) is 20.3 Å². The number of ether oxygens (including phenoxy) is 1. The molecular formula is C13H19N5O2. The molecular weight excluding hydrogens is 258 g/mol. The molecule has 0 saturated heterocycles. The fourth-order valence-electron chi connectivity index (χ4n) is 2.04. The van der Waals surface area contributed by atoms with Crippen LogP contribution in [0.3, 0.4) is 0 Å². The van der Waals surface area contributed by atoms with Crippen molar-refractivity contribution in [1.29, 1.82) is 0 Å². The van der Waals surface area contributed by atoms with Gasteiger partial charge in [-0.25, -0.2) is 4.98 Å². The van der Waals surface area contributed by atoms with Crippen molar-refractivity contribution in [2.45, 2.75) is 27.2 Å². The van der Waals surface area contributed by atoms with Gasteiger partial charge in [-0.15, -0.1) is 10.2 Å². The standard InChI is InChI=1S/C13H19N5O2/c1-4-7-17(9-11(19)20-5-2)12-13-16-15-10(3)18(13)8-6-14-12/h6,8H,4-5,7,9H2,1-3H3. The molecule has 20 heavy (non-hydrogen) atoms. The first-order chi connectivity index (χ1) is 9.67. The number of carbonyl (C=O) groups excluding carboxylic acids is 1. The molecule has 0 bridgehead atoms. The van der Waals surface area contributed by atoms with Crippen LogP contribution in [-0.4, -0.2) is 45.2 Å². The first kappa shape index (κ1) is 14.2. The predicted octanol–water partition coefficient (Wildman–Crippen LogP) is 1.21. The Morgan fingerprint density at radius 1 is 1.40 bits per heavy atom. The largest absolute Gasteiger partial charge is 0.465 e. The van der Waals surface area contributed by atoms with Crippen molar-refractivity contribution in [2.75, 3.05) is 24.6 Å². The summed E-state index contributed by atoms with van der Waals surface area (Å²) < 4.78 is 6.86. The predicted molar refractivity (Wildman–Crippen MR) is 74.7 cm³/mol. The highest BCUT2D eigenvalue weighted by Crippen LogP contribution is 2.17. The Hall–Kier alpha value is -2.18. The molecule has 2 rings (SSSR count). The number of rotatable bonds is 6. The molecule has 2 aromatic rings. The second kappa shape index (κ2) is 6.31. The zero-order valence-electron chi connectivity index (χ0n) is 12.0. The minimum Gasteiger partial charge on any atom is -0.465 e. The van der Waals surface area contributed by atoms with E-state index < -0.39 is 0 Å². The summed E-state index contributed by atoms with van der Waals surface area (Å²) in [5.41, 5.74) is 0.655. The lowest BCUT2D eigenvalue weighted by molar-refractivity contribution is -0.141. The smallest absolute Gasteiger partial charge is 0.325 e. The van der Waals surface area contributed by atoms with Crippen LogP contribution in [-0.2, 0) is 9.53 Å². The van der Waals surface area contributed by atoms with E-state index in [0.717, 1.165) is 12.2 Å². The number of anilines is 1. The van der Waals surface area contributed by atoms with Crippen molar-refractivity contribution < 1.29 is 9.53 Å². The van der Waals surface area contributed by atoms with Gasteiger partial charge in [0.1, 0.15) is 12.4 Å². The highest BCUT2D eigenvalue weighted by molar-refractivity contribution is 5.77. The number of aryl methyl sites for hydroxylation is 1. The third kappa shape index (κ3) is 2.87. The second-order valence-corrected chi connectivity index (χ2v) is 4.42. The van der Waals surface area contributed by atoms with E-state index in [1.165, 1.54) is 0 Å². The SMILES string of the molecule is CCCN(CC(=O)OCC)c1nccn2c(C)nnc12. The lowest BCUT2D eigenvalue weighted by Crippen LogP contribution is -2.32. The van der Waals surface area contributed by atoms with Crippen LogP contribution in [0, 0.1) is 6.92 Å². The average Bonchev–Trinajstić information content (AvgIpc) is 2.81. The third-order valence-corrected chi connectivity index (χ3v) is 2.90. The van der Waals surface area contributed by atoms with Crippen molar-refractivity contribution in [2.24, 2.45) is 0 Å². The second-order valence-electron chi connectivity index (χ2n) is 4.42. The highest BCUT2D eigenvalue weighted by atomic mass is 16.5. The normalized spacial score (nSPS) is 10.8. The Morgan fingerprint density at radius 2 is 2.20 bits per heavy atom. The lowest BCUT2D eigenvalue weighted by Gasteiger charge is -2.21. The van der Waals surface area contributed by atoms with Gasteiger partial charge < -0.3 is 9.64 Å². The fourth-order valence-corrected chi connectivity index (χ4v) is 2.04. The maximum Gasteiger partial charge on any atom is 0.325 e. The third-order valence-electron chi connectivity index (χ3n) is 2.90. The van der Waals surface area contributed by atoms with Gasteiger partial charge >= 0.3 is 5.97 Å². The first-order valence-corrected chi connectivity index (χ1v) is 6.74. The topological polar surface area (TPSA) is 72.6 Å². The Kier molecular flexibility index (Phi) is 4.49. The number of hydrogen-bond acceptors (Lipinski definition) is 6. The van der Waals surface area contributed by atoms with Gasteiger partial charge in [0.05, 0.1) is 6.61 Å². The van der Waals surface area contributed by atoms with E-state index in [0.29, 0.717) is 24.6 Å². The Morgan fingerprint density at radius 3 is 2.90 bits per heavy atom. The maximum absolute atomic E-state index is 11.7. The van der Waals surface area contributed by atoms with Crippen LogP contribution < -0.4 is 4.90 Å². The average molecular weight is 277 g/mol. The van der Waals surface area contributed by atoms with Gasteiger partial charge in [-0.2, -0.15) is 0 Å². The molecule has 0 fully saturated rings. The van der Waals surface area contributed by atoms with Crippen LogP contribution in [0.1, 0.15) is 26.1 Å². The van der Waals surface area contributed by atoms with Crippen molar-refractivity contribution >= 4 is 17.4 Å². The van der Waals surface area contributed by atoms with Crippen LogP contribution in [0.2, 0.25) is 0 Å².